The zero-order valence-electron chi connectivity index (χ0n) is 21.8. The highest BCUT2D eigenvalue weighted by molar-refractivity contribution is 7.25. The van der Waals surface area contributed by atoms with Gasteiger partial charge in [0.2, 0.25) is 0 Å². The van der Waals surface area contributed by atoms with Gasteiger partial charge in [-0.25, -0.2) is 0 Å². The lowest BCUT2D eigenvalue weighted by Crippen LogP contribution is -2.15. The Kier molecular flexibility index (Phi) is 4.07. The molecule has 0 radical (unpaired) electrons. The minimum Gasteiger partial charge on any atom is -0.309 e. The van der Waals surface area contributed by atoms with Crippen molar-refractivity contribution in [2.24, 2.45) is 0 Å². The van der Waals surface area contributed by atoms with Crippen molar-refractivity contribution in [3.8, 4) is 16.8 Å². The molecule has 0 saturated carbocycles. The lowest BCUT2D eigenvalue weighted by Gasteiger charge is -2.23. The van der Waals surface area contributed by atoms with E-state index in [1.54, 1.807) is 0 Å². The van der Waals surface area contributed by atoms with Crippen LogP contribution >= 0.6 is 11.3 Å². The number of hydrogen-bond acceptors (Lipinski definition) is 1. The Morgan fingerprint density at radius 1 is 0.513 bits per heavy atom. The van der Waals surface area contributed by atoms with Crippen molar-refractivity contribution in [3.63, 3.8) is 0 Å². The van der Waals surface area contributed by atoms with Crippen molar-refractivity contribution in [1.82, 2.24) is 4.57 Å². The molecule has 1 aliphatic rings. The van der Waals surface area contributed by atoms with Gasteiger partial charge in [-0.1, -0.05) is 98.8 Å². The molecule has 9 rings (SSSR count). The summed E-state index contributed by atoms with van der Waals surface area (Å²) in [5.74, 6) is 0. The standard InChI is InChI=1S/C37H25NS/c1-37(2)28-13-6-3-10-22(28)24-19-18-23-25(36(24)37)20-21-31-34(23)26-11-4-7-14-29(26)38(31)30-15-9-17-33-35(30)27-12-5-8-16-32(27)39-33/h3-21H,1-2H3. The number of benzene rings is 6. The molecule has 1 aliphatic carbocycles. The van der Waals surface area contributed by atoms with E-state index in [9.17, 15) is 0 Å². The molecule has 2 heterocycles. The van der Waals surface area contributed by atoms with Gasteiger partial charge < -0.3 is 4.57 Å². The monoisotopic (exact) mass is 515 g/mol. The molecule has 8 aromatic rings. The summed E-state index contributed by atoms with van der Waals surface area (Å²) in [5.41, 5.74) is 9.35. The first kappa shape index (κ1) is 21.5. The van der Waals surface area contributed by atoms with Crippen LogP contribution in [0.15, 0.2) is 115 Å². The van der Waals surface area contributed by atoms with Crippen LogP contribution in [0.5, 0.6) is 0 Å². The maximum absolute atomic E-state index is 2.50. The summed E-state index contributed by atoms with van der Waals surface area (Å²) in [5, 5.41) is 8.02. The second-order valence-electron chi connectivity index (χ2n) is 11.3. The molecule has 0 saturated heterocycles. The van der Waals surface area contributed by atoms with Gasteiger partial charge in [0.05, 0.1) is 16.7 Å². The average Bonchev–Trinajstić information content (AvgIpc) is 3.59. The van der Waals surface area contributed by atoms with Crippen LogP contribution in [0.25, 0.3) is 69.6 Å². The molecule has 39 heavy (non-hydrogen) atoms. The van der Waals surface area contributed by atoms with Gasteiger partial charge in [-0.05, 0) is 63.4 Å². The minimum atomic E-state index is -0.0430. The summed E-state index contributed by atoms with van der Waals surface area (Å²) in [4.78, 5) is 0. The Hall–Kier alpha value is -4.40. The van der Waals surface area contributed by atoms with E-state index < -0.39 is 0 Å². The van der Waals surface area contributed by atoms with Gasteiger partial charge in [0, 0.05) is 36.4 Å². The SMILES string of the molecule is CC1(C)c2ccccc2-c2ccc3c(ccc4c3c3ccccc3n4-c3cccc4sc5ccccc5c34)c21. The van der Waals surface area contributed by atoms with Gasteiger partial charge in [0.1, 0.15) is 0 Å². The number of nitrogens with zero attached hydrogens (tertiary/aromatic N) is 1. The fraction of sp³-hybridized carbons (Fsp3) is 0.0811. The van der Waals surface area contributed by atoms with Crippen molar-refractivity contribution >= 4 is 64.1 Å². The Bertz CT molecular complexity index is 2310. The Morgan fingerprint density at radius 3 is 2.18 bits per heavy atom. The Labute approximate surface area is 230 Å². The van der Waals surface area contributed by atoms with E-state index in [0.29, 0.717) is 0 Å². The third-order valence-corrected chi connectivity index (χ3v) is 10.1. The topological polar surface area (TPSA) is 4.93 Å². The molecule has 0 atom stereocenters. The predicted molar refractivity (Wildman–Crippen MR) is 169 cm³/mol. The van der Waals surface area contributed by atoms with Crippen LogP contribution in [0, 0.1) is 0 Å². The van der Waals surface area contributed by atoms with Gasteiger partial charge in [0.15, 0.2) is 0 Å². The van der Waals surface area contributed by atoms with Crippen LogP contribution < -0.4 is 0 Å². The Balaban J connectivity index is 1.44. The fourth-order valence-corrected chi connectivity index (χ4v) is 8.50. The quantitative estimate of drug-likeness (QED) is 0.205. The van der Waals surface area contributed by atoms with Crippen molar-refractivity contribution in [2.45, 2.75) is 19.3 Å². The summed E-state index contributed by atoms with van der Waals surface area (Å²) in [6, 6.07) is 42.9. The molecule has 0 bridgehead atoms. The van der Waals surface area contributed by atoms with E-state index in [0.717, 1.165) is 0 Å². The van der Waals surface area contributed by atoms with Gasteiger partial charge in [-0.15, -0.1) is 11.3 Å². The molecule has 0 fully saturated rings. The van der Waals surface area contributed by atoms with E-state index in [2.05, 4.69) is 134 Å². The maximum atomic E-state index is 2.50. The highest BCUT2D eigenvalue weighted by atomic mass is 32.1. The molecular formula is C37H25NS. The number of rotatable bonds is 1. The smallest absolute Gasteiger partial charge is 0.0555 e. The average molecular weight is 516 g/mol. The molecule has 0 unspecified atom stereocenters. The number of fused-ring (bicyclic) bond motifs is 12. The molecule has 1 nitrogen and oxygen atoms in total. The number of para-hydroxylation sites is 1. The maximum Gasteiger partial charge on any atom is 0.0555 e. The van der Waals surface area contributed by atoms with E-state index in [-0.39, 0.29) is 5.41 Å². The van der Waals surface area contributed by atoms with Gasteiger partial charge >= 0.3 is 0 Å². The molecule has 2 aromatic heterocycles. The normalized spacial score (nSPS) is 14.1. The third kappa shape index (κ3) is 2.65. The summed E-state index contributed by atoms with van der Waals surface area (Å²) in [6.45, 7) is 4.76. The van der Waals surface area contributed by atoms with Gasteiger partial charge in [0.25, 0.3) is 0 Å². The first-order valence-electron chi connectivity index (χ1n) is 13.6. The molecule has 0 N–H and O–H groups in total. The van der Waals surface area contributed by atoms with Crippen LogP contribution in [0.3, 0.4) is 0 Å². The first-order chi connectivity index (χ1) is 19.1. The van der Waals surface area contributed by atoms with Crippen LogP contribution in [-0.4, -0.2) is 4.57 Å². The number of hydrogen-bond donors (Lipinski definition) is 0. The molecule has 0 aliphatic heterocycles. The lowest BCUT2D eigenvalue weighted by molar-refractivity contribution is 0.666. The highest BCUT2D eigenvalue weighted by Crippen LogP contribution is 2.52. The zero-order chi connectivity index (χ0) is 25.9. The van der Waals surface area contributed by atoms with Crippen molar-refractivity contribution in [2.75, 3.05) is 0 Å². The number of aromatic nitrogens is 1. The van der Waals surface area contributed by atoms with Crippen LogP contribution in [-0.2, 0) is 5.41 Å². The van der Waals surface area contributed by atoms with Crippen LogP contribution in [0.4, 0.5) is 0 Å². The summed E-state index contributed by atoms with van der Waals surface area (Å²) in [7, 11) is 0. The van der Waals surface area contributed by atoms with Gasteiger partial charge in [-0.2, -0.15) is 0 Å². The highest BCUT2D eigenvalue weighted by Gasteiger charge is 2.36. The summed E-state index contributed by atoms with van der Waals surface area (Å²) < 4.78 is 5.17. The molecule has 2 heteroatoms. The Morgan fingerprint density at radius 2 is 1.26 bits per heavy atom. The van der Waals surface area contributed by atoms with E-state index in [4.69, 9.17) is 0 Å². The fourth-order valence-electron chi connectivity index (χ4n) is 7.37. The van der Waals surface area contributed by atoms with Crippen LogP contribution in [0.1, 0.15) is 25.0 Å². The van der Waals surface area contributed by atoms with E-state index in [1.165, 1.54) is 80.7 Å². The van der Waals surface area contributed by atoms with Crippen LogP contribution in [0.2, 0.25) is 0 Å². The summed E-state index contributed by atoms with van der Waals surface area (Å²) in [6.07, 6.45) is 0. The second-order valence-corrected chi connectivity index (χ2v) is 12.4. The summed E-state index contributed by atoms with van der Waals surface area (Å²) >= 11 is 1.88. The molecular weight excluding hydrogens is 490 g/mol. The van der Waals surface area contributed by atoms with Crippen molar-refractivity contribution < 1.29 is 0 Å². The van der Waals surface area contributed by atoms with Crippen molar-refractivity contribution in [3.05, 3.63) is 126 Å². The van der Waals surface area contributed by atoms with Gasteiger partial charge in [-0.3, -0.25) is 0 Å². The second kappa shape index (κ2) is 7.37. The first-order valence-corrected chi connectivity index (χ1v) is 14.4. The molecule has 6 aromatic carbocycles. The molecule has 184 valence electrons. The molecule has 0 amide bonds. The van der Waals surface area contributed by atoms with E-state index in [1.807, 2.05) is 11.3 Å². The number of thiophene rings is 1. The van der Waals surface area contributed by atoms with E-state index >= 15 is 0 Å². The lowest BCUT2D eigenvalue weighted by atomic mass is 9.80. The largest absolute Gasteiger partial charge is 0.309 e. The van der Waals surface area contributed by atoms with Crippen molar-refractivity contribution in [1.29, 1.82) is 0 Å². The third-order valence-electron chi connectivity index (χ3n) is 8.97. The minimum absolute atomic E-state index is 0.0430. The molecule has 0 spiro atoms. The predicted octanol–water partition coefficient (Wildman–Crippen LogP) is 10.6. The zero-order valence-corrected chi connectivity index (χ0v) is 22.6.